The van der Waals surface area contributed by atoms with Gasteiger partial charge in [-0.1, -0.05) is 0 Å². The summed E-state index contributed by atoms with van der Waals surface area (Å²) < 4.78 is 32.0. The number of nitrogens with zero attached hydrogens (tertiary/aromatic N) is 1. The third kappa shape index (κ3) is 3.10. The van der Waals surface area contributed by atoms with Crippen LogP contribution in [0.1, 0.15) is 6.92 Å². The van der Waals surface area contributed by atoms with Crippen molar-refractivity contribution in [1.29, 1.82) is 0 Å². The van der Waals surface area contributed by atoms with E-state index >= 15 is 0 Å². The zero-order chi connectivity index (χ0) is 7.44. The van der Waals surface area contributed by atoms with Gasteiger partial charge in [-0.2, -0.15) is 0 Å². The van der Waals surface area contributed by atoms with E-state index in [-0.39, 0.29) is 5.12 Å². The monoisotopic (exact) mass is 174 g/mol. The Hall–Kier alpha value is 0.290. The molecule has 0 heterocycles. The average molecular weight is 175 g/mol. The first-order valence-electron chi connectivity index (χ1n) is 2.16. The third-order valence-corrected chi connectivity index (χ3v) is 1.80. The molecule has 0 fully saturated rings. The smallest absolute Gasteiger partial charge is 0.105 e. The fraction of sp³-hybridized carbons (Fsp3) is 1.00. The zero-order valence-electron chi connectivity index (χ0n) is 4.71. The molecule has 2 unspecified atom stereocenters. The minimum absolute atomic E-state index is 0.0185. The lowest BCUT2D eigenvalue weighted by Crippen LogP contribution is -2.27. The van der Waals surface area contributed by atoms with Crippen molar-refractivity contribution in [1.82, 2.24) is 5.12 Å². The number of rotatable bonds is 3. The van der Waals surface area contributed by atoms with Gasteiger partial charge in [0.1, 0.15) is 11.4 Å². The highest BCUT2D eigenvalue weighted by Crippen LogP contribution is 2.02. The van der Waals surface area contributed by atoms with Gasteiger partial charge in [-0.05, 0) is 18.0 Å². The second-order valence-corrected chi connectivity index (χ2v) is 2.82. The van der Waals surface area contributed by atoms with E-state index in [9.17, 15) is 13.2 Å². The lowest BCUT2D eigenvalue weighted by atomic mass is 10.7. The molecule has 9 heavy (non-hydrogen) atoms. The van der Waals surface area contributed by atoms with Crippen LogP contribution in [-0.2, 0) is 11.1 Å². The van der Waals surface area contributed by atoms with Crippen molar-refractivity contribution in [2.24, 2.45) is 0 Å². The lowest BCUT2D eigenvalue weighted by Gasteiger charge is -2.18. The van der Waals surface area contributed by atoms with Crippen LogP contribution in [0, 0.1) is 0 Å². The molecule has 0 spiro atoms. The molecule has 0 saturated carbocycles. The molecule has 0 aliphatic heterocycles. The number of halogens is 2. The summed E-state index contributed by atoms with van der Waals surface area (Å²) >= 11 is 2.54. The largest absolute Gasteiger partial charge is 0.771 e. The molecule has 0 bridgehead atoms. The summed E-state index contributed by atoms with van der Waals surface area (Å²) in [6, 6.07) is -0.435. The molecule has 2 atom stereocenters. The summed E-state index contributed by atoms with van der Waals surface area (Å²) in [4.78, 5) is 0. The highest BCUT2D eigenvalue weighted by Gasteiger charge is 2.10. The van der Waals surface area contributed by atoms with Crippen LogP contribution in [0.5, 0.6) is 0 Å². The Labute approximate surface area is 60.0 Å². The van der Waals surface area contributed by atoms with Gasteiger partial charge in [0.25, 0.3) is 0 Å². The quantitative estimate of drug-likeness (QED) is 0.272. The van der Waals surface area contributed by atoms with Crippen LogP contribution in [0.3, 0.4) is 0 Å². The zero-order valence-corrected chi connectivity index (χ0v) is 6.28. The molecule has 0 aromatic rings. The van der Waals surface area contributed by atoms with E-state index < -0.39 is 22.5 Å². The van der Waals surface area contributed by atoms with Crippen molar-refractivity contribution in [3.8, 4) is 0 Å². The highest BCUT2D eigenvalue weighted by atomic mass is 35.5. The van der Waals surface area contributed by atoms with E-state index in [1.807, 2.05) is 0 Å². The number of alkyl halides is 1. The van der Waals surface area contributed by atoms with Crippen molar-refractivity contribution in [3.63, 3.8) is 0 Å². The first-order valence-corrected chi connectivity index (χ1v) is 3.83. The van der Waals surface area contributed by atoms with Gasteiger partial charge in [0.05, 0.1) is 0 Å². The van der Waals surface area contributed by atoms with Crippen LogP contribution in [0.2, 0.25) is 0 Å². The summed E-state index contributed by atoms with van der Waals surface area (Å²) in [6.07, 6.45) is 0. The predicted octanol–water partition coefficient (Wildman–Crippen LogP) is 0.594. The molecule has 3 nitrogen and oxygen atoms in total. The molecule has 56 valence electrons. The van der Waals surface area contributed by atoms with Crippen molar-refractivity contribution >= 4 is 22.7 Å². The van der Waals surface area contributed by atoms with Gasteiger partial charge >= 0.3 is 0 Å². The highest BCUT2D eigenvalue weighted by molar-refractivity contribution is 7.79. The minimum atomic E-state index is -2.42. The first-order chi connectivity index (χ1) is 4.09. The van der Waals surface area contributed by atoms with Crippen molar-refractivity contribution in [3.05, 3.63) is 0 Å². The Bertz CT molecular complexity index is 114. The summed E-state index contributed by atoms with van der Waals surface area (Å²) in [5.74, 6) is 0. The standard InChI is InChI=1S/C3H7ClFNO2S/c1-3(9(7)8)6(5)2-4/h3H,2H2,1H3,(H,7,8)/p-1. The summed E-state index contributed by atoms with van der Waals surface area (Å²) in [5.41, 5.74) is 0. The minimum Gasteiger partial charge on any atom is -0.771 e. The van der Waals surface area contributed by atoms with Crippen molar-refractivity contribution in [2.45, 2.75) is 12.3 Å². The molecule has 0 N–H and O–H groups in total. The first kappa shape index (κ1) is 9.29. The van der Waals surface area contributed by atoms with E-state index in [0.29, 0.717) is 0 Å². The molecule has 0 aromatic heterocycles. The van der Waals surface area contributed by atoms with Crippen LogP contribution in [0.25, 0.3) is 0 Å². The molecular formula is C3H6ClFNO2S-. The van der Waals surface area contributed by atoms with Crippen LogP contribution in [0.15, 0.2) is 0 Å². The van der Waals surface area contributed by atoms with E-state index in [2.05, 4.69) is 0 Å². The van der Waals surface area contributed by atoms with Crippen molar-refractivity contribution < 1.29 is 13.2 Å². The van der Waals surface area contributed by atoms with Crippen LogP contribution < -0.4 is 0 Å². The molecule has 0 amide bonds. The van der Waals surface area contributed by atoms with Gasteiger partial charge in [0.15, 0.2) is 0 Å². The predicted molar refractivity (Wildman–Crippen MR) is 32.0 cm³/mol. The van der Waals surface area contributed by atoms with E-state index in [1.54, 1.807) is 0 Å². The number of hydrogen-bond acceptors (Lipinski definition) is 3. The second kappa shape index (κ2) is 4.16. The maximum absolute atomic E-state index is 12.1. The Morgan fingerprint density at radius 3 is 2.56 bits per heavy atom. The van der Waals surface area contributed by atoms with Crippen LogP contribution in [0.4, 0.5) is 4.48 Å². The molecule has 0 aliphatic rings. The molecule has 0 saturated heterocycles. The Balaban J connectivity index is 3.72. The van der Waals surface area contributed by atoms with E-state index in [1.165, 1.54) is 6.92 Å². The second-order valence-electron chi connectivity index (χ2n) is 1.38. The maximum Gasteiger partial charge on any atom is 0.105 e. The third-order valence-electron chi connectivity index (χ3n) is 0.787. The molecule has 0 rings (SSSR count). The van der Waals surface area contributed by atoms with Gasteiger partial charge in [-0.3, -0.25) is 4.21 Å². The van der Waals surface area contributed by atoms with Crippen molar-refractivity contribution in [2.75, 3.05) is 6.00 Å². The molecule has 0 radical (unpaired) electrons. The molecular weight excluding hydrogens is 169 g/mol. The fourth-order valence-corrected chi connectivity index (χ4v) is 0.741. The summed E-state index contributed by atoms with van der Waals surface area (Å²) in [6.45, 7) is 1.20. The Kier molecular flexibility index (Phi) is 4.29. The Morgan fingerprint density at radius 1 is 2.00 bits per heavy atom. The maximum atomic E-state index is 12.1. The van der Waals surface area contributed by atoms with Crippen LogP contribution in [-0.4, -0.2) is 25.3 Å². The van der Waals surface area contributed by atoms with Gasteiger partial charge in [0, 0.05) is 0 Å². The SMILES string of the molecule is CC(N(F)CCl)S(=O)[O-]. The molecule has 0 aromatic carbocycles. The summed E-state index contributed by atoms with van der Waals surface area (Å²) in [5, 5.41) is -1.15. The topological polar surface area (TPSA) is 43.4 Å². The van der Waals surface area contributed by atoms with E-state index in [0.717, 1.165) is 0 Å². The fourth-order valence-electron chi connectivity index (χ4n) is 0.191. The van der Waals surface area contributed by atoms with Gasteiger partial charge in [0.2, 0.25) is 0 Å². The summed E-state index contributed by atoms with van der Waals surface area (Å²) in [7, 11) is 0. The average Bonchev–Trinajstić information content (AvgIpc) is 1.84. The molecule has 6 heteroatoms. The van der Waals surface area contributed by atoms with Crippen LogP contribution >= 0.6 is 11.6 Å². The van der Waals surface area contributed by atoms with Gasteiger partial charge < -0.3 is 4.55 Å². The Morgan fingerprint density at radius 2 is 2.44 bits per heavy atom. The lowest BCUT2D eigenvalue weighted by molar-refractivity contribution is 0.0375. The van der Waals surface area contributed by atoms with E-state index in [4.69, 9.17) is 11.6 Å². The van der Waals surface area contributed by atoms with Gasteiger partial charge in [-0.25, -0.2) is 0 Å². The number of hydrogen-bond donors (Lipinski definition) is 0. The molecule has 0 aliphatic carbocycles. The van der Waals surface area contributed by atoms with Gasteiger partial charge in [-0.15, -0.1) is 21.2 Å². The normalized spacial score (nSPS) is 17.9.